The van der Waals surface area contributed by atoms with Crippen LogP contribution in [0.3, 0.4) is 0 Å². The van der Waals surface area contributed by atoms with E-state index in [2.05, 4.69) is 79.3 Å². The summed E-state index contributed by atoms with van der Waals surface area (Å²) in [5.74, 6) is 0.653. The Morgan fingerprint density at radius 2 is 1.06 bits per heavy atom. The molecular formula is C28H26Cl2N2Ru. The summed E-state index contributed by atoms with van der Waals surface area (Å²) in [5, 5.41) is 4.65. The zero-order chi connectivity index (χ0) is 23.6. The van der Waals surface area contributed by atoms with Crippen LogP contribution in [0.4, 0.5) is 0 Å². The van der Waals surface area contributed by atoms with Crippen LogP contribution in [0.5, 0.6) is 0 Å². The minimum atomic E-state index is -0.346. The maximum atomic E-state index is 4.85. The molecule has 2 aromatic heterocycles. The smallest absolute Gasteiger partial charge is 0.0970 e. The van der Waals surface area contributed by atoms with Crippen molar-refractivity contribution in [3.05, 3.63) is 108 Å². The molecule has 0 radical (unpaired) electrons. The molecule has 0 unspecified atom stereocenters. The van der Waals surface area contributed by atoms with E-state index in [0.717, 1.165) is 22.2 Å². The molecule has 0 atom stereocenters. The number of hydrogen-bond acceptors (Lipinski definition) is 2. The Kier molecular flexibility index (Phi) is 9.82. The molecule has 2 nitrogen and oxygen atoms in total. The quantitative estimate of drug-likeness (QED) is 0.201. The van der Waals surface area contributed by atoms with Crippen LogP contribution in [0.2, 0.25) is 0 Å². The molecule has 0 saturated carbocycles. The van der Waals surface area contributed by atoms with Crippen LogP contribution >= 0.6 is 19.4 Å². The van der Waals surface area contributed by atoms with E-state index < -0.39 is 0 Å². The fourth-order valence-electron chi connectivity index (χ4n) is 3.57. The van der Waals surface area contributed by atoms with Crippen molar-refractivity contribution in [2.45, 2.75) is 26.7 Å². The van der Waals surface area contributed by atoms with Gasteiger partial charge in [-0.25, -0.2) is 0 Å². The van der Waals surface area contributed by atoms with Gasteiger partial charge in [0.05, 0.1) is 11.4 Å². The fraction of sp³-hybridized carbons (Fsp3) is 0.143. The Morgan fingerprint density at radius 1 is 0.636 bits per heavy atom. The summed E-state index contributed by atoms with van der Waals surface area (Å²) in [5.41, 5.74) is 4.65. The molecule has 0 amide bonds. The third-order valence-corrected chi connectivity index (χ3v) is 5.32. The van der Waals surface area contributed by atoms with Crippen LogP contribution < -0.4 is 0 Å². The third kappa shape index (κ3) is 6.84. The summed E-state index contributed by atoms with van der Waals surface area (Å²) in [6, 6.07) is 29.3. The largest absolute Gasteiger partial charge is 0.254 e. The van der Waals surface area contributed by atoms with E-state index >= 15 is 0 Å². The average Bonchev–Trinajstić information content (AvgIpc) is 2.84. The van der Waals surface area contributed by atoms with Crippen molar-refractivity contribution in [1.29, 1.82) is 0 Å². The molecule has 0 N–H and O–H groups in total. The van der Waals surface area contributed by atoms with Gasteiger partial charge in [-0.05, 0) is 41.3 Å². The van der Waals surface area contributed by atoms with Gasteiger partial charge in [-0.1, -0.05) is 92.2 Å². The Hall–Kier alpha value is -2.32. The summed E-state index contributed by atoms with van der Waals surface area (Å²) in [6.07, 6.45) is 3.70. The zero-order valence-electron chi connectivity index (χ0n) is 18.8. The van der Waals surface area contributed by atoms with Gasteiger partial charge >= 0.3 is 34.5 Å². The number of fused-ring (bicyclic) bond motifs is 2. The first-order valence-corrected chi connectivity index (χ1v) is 15.1. The number of aryl methyl sites for hydroxylation is 1. The summed E-state index contributed by atoms with van der Waals surface area (Å²) >= 11 is -0.346. The van der Waals surface area contributed by atoms with Crippen LogP contribution in [-0.2, 0) is 15.1 Å². The van der Waals surface area contributed by atoms with Gasteiger partial charge < -0.3 is 0 Å². The normalized spacial score (nSPS) is 10.5. The monoisotopic (exact) mass is 562 g/mol. The minimum Gasteiger partial charge on any atom is -0.254 e. The second-order valence-electron chi connectivity index (χ2n) is 7.88. The SMILES string of the molecule is Cc1ccc(C(C)C)cc1.[Cl][Ru][Cl].c1ccc2c(-c3nccc4ccccc34)nccc2c1. The number of rotatable bonds is 2. The van der Waals surface area contributed by atoms with Gasteiger partial charge in [0, 0.05) is 23.2 Å². The maximum absolute atomic E-state index is 4.85. The predicted octanol–water partition coefficient (Wildman–Crippen LogP) is 8.94. The van der Waals surface area contributed by atoms with Crippen molar-refractivity contribution >= 4 is 40.9 Å². The molecule has 5 heteroatoms. The van der Waals surface area contributed by atoms with Crippen molar-refractivity contribution < 1.29 is 15.1 Å². The van der Waals surface area contributed by atoms with Gasteiger partial charge in [0.1, 0.15) is 0 Å². The molecule has 0 fully saturated rings. The number of nitrogens with zero attached hydrogens (tertiary/aromatic N) is 2. The molecule has 0 saturated heterocycles. The van der Waals surface area contributed by atoms with E-state index in [1.165, 1.54) is 21.9 Å². The molecule has 33 heavy (non-hydrogen) atoms. The topological polar surface area (TPSA) is 25.8 Å². The number of hydrogen-bond donors (Lipinski definition) is 0. The van der Waals surface area contributed by atoms with E-state index in [-0.39, 0.29) is 15.1 Å². The van der Waals surface area contributed by atoms with E-state index in [1.807, 2.05) is 48.8 Å². The van der Waals surface area contributed by atoms with Crippen molar-refractivity contribution in [1.82, 2.24) is 9.97 Å². The number of pyridine rings is 2. The van der Waals surface area contributed by atoms with Crippen molar-refractivity contribution in [3.63, 3.8) is 0 Å². The first-order valence-electron chi connectivity index (χ1n) is 10.6. The maximum Gasteiger partial charge on any atom is 0.0970 e. The first-order chi connectivity index (χ1) is 16.0. The van der Waals surface area contributed by atoms with Crippen LogP contribution in [0.1, 0.15) is 30.9 Å². The van der Waals surface area contributed by atoms with Gasteiger partial charge in [0.25, 0.3) is 0 Å². The average molecular weight is 563 g/mol. The van der Waals surface area contributed by atoms with Crippen LogP contribution in [-0.4, -0.2) is 9.97 Å². The van der Waals surface area contributed by atoms with Crippen LogP contribution in [0.15, 0.2) is 97.3 Å². The number of halogens is 2. The van der Waals surface area contributed by atoms with Gasteiger partial charge in [0.2, 0.25) is 0 Å². The van der Waals surface area contributed by atoms with Crippen LogP contribution in [0.25, 0.3) is 32.9 Å². The summed E-state index contributed by atoms with van der Waals surface area (Å²) in [7, 11) is 9.71. The molecule has 0 aliphatic rings. The van der Waals surface area contributed by atoms with E-state index in [0.29, 0.717) is 5.92 Å². The molecule has 5 rings (SSSR count). The Morgan fingerprint density at radius 3 is 1.48 bits per heavy atom. The molecule has 0 aliphatic heterocycles. The molecule has 3 aromatic carbocycles. The molecule has 170 valence electrons. The van der Waals surface area contributed by atoms with Crippen molar-refractivity contribution in [2.24, 2.45) is 0 Å². The summed E-state index contributed by atoms with van der Waals surface area (Å²) in [6.45, 7) is 6.54. The van der Waals surface area contributed by atoms with Gasteiger partial charge in [0.15, 0.2) is 0 Å². The molecule has 0 spiro atoms. The summed E-state index contributed by atoms with van der Waals surface area (Å²) in [4.78, 5) is 9.13. The standard InChI is InChI=1S/C18H12N2.C10H14.2ClH.Ru/c1-3-7-15-13(5-1)9-11-19-17(15)18-16-8-4-2-6-14(16)10-12-20-18;1-8(2)10-6-4-9(3)5-7-10;;;/h1-12H;4-8H,1-3H3;2*1H;/q;;;;+2/p-2. The van der Waals surface area contributed by atoms with Gasteiger partial charge in [-0.15, -0.1) is 0 Å². The molecule has 2 heterocycles. The van der Waals surface area contributed by atoms with Crippen molar-refractivity contribution in [3.8, 4) is 11.4 Å². The zero-order valence-corrected chi connectivity index (χ0v) is 22.1. The Bertz CT molecular complexity index is 1220. The van der Waals surface area contributed by atoms with Gasteiger partial charge in [-0.3, -0.25) is 9.97 Å². The second kappa shape index (κ2) is 12.8. The third-order valence-electron chi connectivity index (χ3n) is 5.32. The van der Waals surface area contributed by atoms with E-state index in [1.54, 1.807) is 0 Å². The van der Waals surface area contributed by atoms with Crippen molar-refractivity contribution in [2.75, 3.05) is 0 Å². The van der Waals surface area contributed by atoms with E-state index in [4.69, 9.17) is 19.4 Å². The molecule has 0 bridgehead atoms. The number of aromatic nitrogens is 2. The van der Waals surface area contributed by atoms with E-state index in [9.17, 15) is 0 Å². The Balaban J connectivity index is 0.000000199. The summed E-state index contributed by atoms with van der Waals surface area (Å²) < 4.78 is 0. The predicted molar refractivity (Wildman–Crippen MR) is 139 cm³/mol. The molecule has 5 aromatic rings. The molecular weight excluding hydrogens is 536 g/mol. The fourth-order valence-corrected chi connectivity index (χ4v) is 3.57. The minimum absolute atomic E-state index is 0.346. The van der Waals surface area contributed by atoms with Crippen LogP contribution in [0, 0.1) is 6.92 Å². The first kappa shape index (κ1) is 25.3. The second-order valence-corrected chi connectivity index (χ2v) is 10.5. The number of benzene rings is 3. The van der Waals surface area contributed by atoms with Gasteiger partial charge in [-0.2, -0.15) is 0 Å². The molecule has 0 aliphatic carbocycles. The Labute approximate surface area is 211 Å².